The quantitative estimate of drug-likeness (QED) is 0.407. The lowest BCUT2D eigenvalue weighted by Gasteiger charge is -2.09. The predicted molar refractivity (Wildman–Crippen MR) is 81.5 cm³/mol. The zero-order valence-electron chi connectivity index (χ0n) is 12.2. The SMILES string of the molecule is CC(C)NCCCS(=O)(=O)NCc1ccccc1[N+](=O)[O-]. The fraction of sp³-hybridized carbons (Fsp3) is 0.538. The highest BCUT2D eigenvalue weighted by atomic mass is 32.2. The summed E-state index contributed by atoms with van der Waals surface area (Å²) in [7, 11) is -3.43. The van der Waals surface area contributed by atoms with Crippen LogP contribution in [0.3, 0.4) is 0 Å². The fourth-order valence-corrected chi connectivity index (χ4v) is 2.80. The minimum Gasteiger partial charge on any atom is -0.314 e. The second kappa shape index (κ2) is 8.06. The highest BCUT2D eigenvalue weighted by Gasteiger charge is 2.15. The Bertz CT molecular complexity index is 573. The van der Waals surface area contributed by atoms with E-state index in [2.05, 4.69) is 10.0 Å². The van der Waals surface area contributed by atoms with Crippen LogP contribution in [0, 0.1) is 10.1 Å². The van der Waals surface area contributed by atoms with E-state index in [1.165, 1.54) is 6.07 Å². The van der Waals surface area contributed by atoms with Gasteiger partial charge in [-0.15, -0.1) is 0 Å². The summed E-state index contributed by atoms with van der Waals surface area (Å²) >= 11 is 0. The molecule has 0 aliphatic heterocycles. The van der Waals surface area contributed by atoms with Crippen LogP contribution in [0.1, 0.15) is 25.8 Å². The van der Waals surface area contributed by atoms with Crippen molar-refractivity contribution in [3.05, 3.63) is 39.9 Å². The van der Waals surface area contributed by atoms with E-state index in [9.17, 15) is 18.5 Å². The molecule has 0 saturated heterocycles. The highest BCUT2D eigenvalue weighted by molar-refractivity contribution is 7.89. The van der Waals surface area contributed by atoms with Gasteiger partial charge in [0.05, 0.1) is 10.7 Å². The van der Waals surface area contributed by atoms with E-state index >= 15 is 0 Å². The molecule has 0 fully saturated rings. The Balaban J connectivity index is 2.52. The first-order chi connectivity index (χ1) is 9.82. The number of sulfonamides is 1. The second-order valence-corrected chi connectivity index (χ2v) is 6.91. The molecule has 2 N–H and O–H groups in total. The normalized spacial score (nSPS) is 11.8. The van der Waals surface area contributed by atoms with Gasteiger partial charge in [-0.2, -0.15) is 0 Å². The van der Waals surface area contributed by atoms with Crippen LogP contribution in [0.2, 0.25) is 0 Å². The van der Waals surface area contributed by atoms with Crippen LogP contribution >= 0.6 is 0 Å². The van der Waals surface area contributed by atoms with E-state index in [4.69, 9.17) is 0 Å². The van der Waals surface area contributed by atoms with Gasteiger partial charge in [0.15, 0.2) is 0 Å². The largest absolute Gasteiger partial charge is 0.314 e. The van der Waals surface area contributed by atoms with Crippen molar-refractivity contribution in [2.75, 3.05) is 12.3 Å². The van der Waals surface area contributed by atoms with Crippen LogP contribution in [-0.2, 0) is 16.6 Å². The minimum absolute atomic E-state index is 0.00660. The van der Waals surface area contributed by atoms with E-state index in [-0.39, 0.29) is 18.0 Å². The number of hydrogen-bond donors (Lipinski definition) is 2. The Morgan fingerprint density at radius 1 is 1.29 bits per heavy atom. The molecule has 1 aromatic rings. The van der Waals surface area contributed by atoms with E-state index in [0.717, 1.165) is 0 Å². The molecule has 1 rings (SSSR count). The molecule has 118 valence electrons. The lowest BCUT2D eigenvalue weighted by Crippen LogP contribution is -2.30. The van der Waals surface area contributed by atoms with Crippen molar-refractivity contribution in [2.24, 2.45) is 0 Å². The molecule has 0 heterocycles. The van der Waals surface area contributed by atoms with E-state index in [1.807, 2.05) is 13.8 Å². The molecule has 0 aliphatic carbocycles. The van der Waals surface area contributed by atoms with Crippen molar-refractivity contribution >= 4 is 15.7 Å². The zero-order valence-corrected chi connectivity index (χ0v) is 13.0. The maximum atomic E-state index is 11.8. The summed E-state index contributed by atoms with van der Waals surface area (Å²) in [6.45, 7) is 4.52. The summed E-state index contributed by atoms with van der Waals surface area (Å²) in [6, 6.07) is 6.40. The molecule has 0 amide bonds. The van der Waals surface area contributed by atoms with Gasteiger partial charge in [0, 0.05) is 24.2 Å². The second-order valence-electron chi connectivity index (χ2n) is 4.99. The number of nitro benzene ring substituents is 1. The van der Waals surface area contributed by atoms with Crippen molar-refractivity contribution in [3.8, 4) is 0 Å². The maximum absolute atomic E-state index is 11.8. The van der Waals surface area contributed by atoms with Crippen molar-refractivity contribution in [1.82, 2.24) is 10.0 Å². The van der Waals surface area contributed by atoms with Gasteiger partial charge in [-0.25, -0.2) is 13.1 Å². The molecular formula is C13H21N3O4S. The standard InChI is InChI=1S/C13H21N3O4S/c1-11(2)14-8-5-9-21(19,20)15-10-12-6-3-4-7-13(12)16(17)18/h3-4,6-7,11,14-15H,5,8-10H2,1-2H3. The van der Waals surface area contributed by atoms with Gasteiger partial charge in [0.2, 0.25) is 10.0 Å². The number of nitro groups is 1. The highest BCUT2D eigenvalue weighted by Crippen LogP contribution is 2.17. The van der Waals surface area contributed by atoms with Gasteiger partial charge in [-0.3, -0.25) is 10.1 Å². The van der Waals surface area contributed by atoms with Crippen LogP contribution in [0.25, 0.3) is 0 Å². The molecule has 0 saturated carbocycles. The van der Waals surface area contributed by atoms with Gasteiger partial charge < -0.3 is 5.32 Å². The van der Waals surface area contributed by atoms with Crippen LogP contribution in [0.5, 0.6) is 0 Å². The van der Waals surface area contributed by atoms with Crippen molar-refractivity contribution in [2.45, 2.75) is 32.9 Å². The Morgan fingerprint density at radius 3 is 2.57 bits per heavy atom. The molecule has 0 aromatic heterocycles. The number of benzene rings is 1. The van der Waals surface area contributed by atoms with Crippen LogP contribution in [0.15, 0.2) is 24.3 Å². The lowest BCUT2D eigenvalue weighted by molar-refractivity contribution is -0.385. The van der Waals surface area contributed by atoms with Crippen molar-refractivity contribution in [3.63, 3.8) is 0 Å². The van der Waals surface area contributed by atoms with Gasteiger partial charge in [-0.1, -0.05) is 32.0 Å². The summed E-state index contributed by atoms with van der Waals surface area (Å²) in [6.07, 6.45) is 0.490. The molecule has 7 nitrogen and oxygen atoms in total. The fourth-order valence-electron chi connectivity index (χ4n) is 1.75. The summed E-state index contributed by atoms with van der Waals surface area (Å²) in [4.78, 5) is 10.3. The van der Waals surface area contributed by atoms with Crippen LogP contribution in [-0.4, -0.2) is 31.7 Å². The summed E-state index contributed by atoms with van der Waals surface area (Å²) in [5, 5.41) is 14.0. The molecule has 1 aromatic carbocycles. The average molecular weight is 315 g/mol. The topological polar surface area (TPSA) is 101 Å². The molecule has 0 atom stereocenters. The molecule has 8 heteroatoms. The first-order valence-corrected chi connectivity index (χ1v) is 8.40. The first kappa shape index (κ1) is 17.5. The van der Waals surface area contributed by atoms with Gasteiger partial charge in [0.25, 0.3) is 5.69 Å². The predicted octanol–water partition coefficient (Wildman–Crippen LogP) is 1.40. The van der Waals surface area contributed by atoms with Crippen molar-refractivity contribution < 1.29 is 13.3 Å². The van der Waals surface area contributed by atoms with Gasteiger partial charge in [-0.05, 0) is 13.0 Å². The molecule has 0 bridgehead atoms. The summed E-state index contributed by atoms with van der Waals surface area (Å²) in [5.41, 5.74) is 0.271. The molecule has 0 aliphatic rings. The molecule has 21 heavy (non-hydrogen) atoms. The molecule has 0 radical (unpaired) electrons. The molecular weight excluding hydrogens is 294 g/mol. The number of nitrogens with one attached hydrogen (secondary N) is 2. The maximum Gasteiger partial charge on any atom is 0.273 e. The number of rotatable bonds is 9. The number of nitrogens with zero attached hydrogens (tertiary/aromatic N) is 1. The van der Waals surface area contributed by atoms with E-state index in [0.29, 0.717) is 24.6 Å². The zero-order chi connectivity index (χ0) is 15.9. The lowest BCUT2D eigenvalue weighted by atomic mass is 10.2. The Kier molecular flexibility index (Phi) is 6.73. The Labute approximate surface area is 124 Å². The molecule has 0 spiro atoms. The van der Waals surface area contributed by atoms with Crippen molar-refractivity contribution in [1.29, 1.82) is 0 Å². The third-order valence-corrected chi connectivity index (χ3v) is 4.22. The van der Waals surface area contributed by atoms with Gasteiger partial charge >= 0.3 is 0 Å². The third-order valence-electron chi connectivity index (χ3n) is 2.81. The summed E-state index contributed by atoms with van der Waals surface area (Å²) in [5.74, 6) is -0.00660. The van der Waals surface area contributed by atoms with Gasteiger partial charge in [0.1, 0.15) is 0 Å². The minimum atomic E-state index is -3.43. The Hall–Kier alpha value is -1.51. The van der Waals surface area contributed by atoms with Crippen LogP contribution in [0.4, 0.5) is 5.69 Å². The Morgan fingerprint density at radius 2 is 1.95 bits per heavy atom. The molecule has 0 unspecified atom stereocenters. The smallest absolute Gasteiger partial charge is 0.273 e. The summed E-state index contributed by atoms with van der Waals surface area (Å²) < 4.78 is 26.0. The van der Waals surface area contributed by atoms with Crippen LogP contribution < -0.4 is 10.0 Å². The number of hydrogen-bond acceptors (Lipinski definition) is 5. The third kappa shape index (κ3) is 6.65. The first-order valence-electron chi connectivity index (χ1n) is 6.75. The number of para-hydroxylation sites is 1. The van der Waals surface area contributed by atoms with E-state index < -0.39 is 14.9 Å². The average Bonchev–Trinajstić information content (AvgIpc) is 2.41. The van der Waals surface area contributed by atoms with E-state index in [1.54, 1.807) is 18.2 Å². The monoisotopic (exact) mass is 315 g/mol.